The third kappa shape index (κ3) is 2.41. The van der Waals surface area contributed by atoms with E-state index in [1.165, 1.54) is 0 Å². The number of anilines is 1. The van der Waals surface area contributed by atoms with Crippen LogP contribution < -0.4 is 4.90 Å². The highest BCUT2D eigenvalue weighted by Crippen LogP contribution is 2.30. The van der Waals surface area contributed by atoms with Crippen LogP contribution in [0.5, 0.6) is 0 Å². The molecule has 2 aliphatic heterocycles. The Labute approximate surface area is 117 Å². The van der Waals surface area contributed by atoms with Gasteiger partial charge in [-0.25, -0.2) is 4.79 Å². The first-order chi connectivity index (χ1) is 9.65. The summed E-state index contributed by atoms with van der Waals surface area (Å²) in [6, 6.07) is 4.95. The number of hydrogen-bond acceptors (Lipinski definition) is 3. The van der Waals surface area contributed by atoms with Gasteiger partial charge in [-0.05, 0) is 43.0 Å². The number of ether oxygens (including phenoxy) is 1. The van der Waals surface area contributed by atoms with Crippen molar-refractivity contribution in [2.45, 2.75) is 31.8 Å². The summed E-state index contributed by atoms with van der Waals surface area (Å²) >= 11 is 0. The van der Waals surface area contributed by atoms with Crippen molar-refractivity contribution in [2.24, 2.45) is 0 Å². The van der Waals surface area contributed by atoms with Gasteiger partial charge in [0.15, 0.2) is 0 Å². The van der Waals surface area contributed by atoms with Gasteiger partial charge in [0.05, 0.1) is 18.1 Å². The van der Waals surface area contributed by atoms with Gasteiger partial charge in [-0.3, -0.25) is 4.79 Å². The Morgan fingerprint density at radius 1 is 1.40 bits per heavy atom. The van der Waals surface area contributed by atoms with Crippen molar-refractivity contribution >= 4 is 17.6 Å². The van der Waals surface area contributed by atoms with E-state index in [1.807, 2.05) is 0 Å². The summed E-state index contributed by atoms with van der Waals surface area (Å²) < 4.78 is 5.50. The average molecular weight is 275 g/mol. The van der Waals surface area contributed by atoms with Crippen LogP contribution in [0.1, 0.15) is 35.2 Å². The van der Waals surface area contributed by atoms with Gasteiger partial charge in [-0.1, -0.05) is 0 Å². The minimum atomic E-state index is -0.933. The Hall–Kier alpha value is -1.88. The molecular formula is C15H17NO4. The highest BCUT2D eigenvalue weighted by atomic mass is 16.5. The number of carboxylic acids is 1. The fourth-order valence-electron chi connectivity index (χ4n) is 2.90. The number of carbonyl (C=O) groups is 2. The SMILES string of the molecule is O=C(O)c1ccc2c(c1)CCN2C(=O)CC1CCCO1. The Balaban J connectivity index is 1.75. The molecule has 1 atom stereocenters. The number of rotatable bonds is 3. The molecule has 0 aromatic heterocycles. The minimum Gasteiger partial charge on any atom is -0.478 e. The van der Waals surface area contributed by atoms with E-state index in [0.29, 0.717) is 19.4 Å². The van der Waals surface area contributed by atoms with E-state index in [2.05, 4.69) is 0 Å². The zero-order valence-corrected chi connectivity index (χ0v) is 11.2. The molecule has 1 aromatic rings. The third-order valence-corrected chi connectivity index (χ3v) is 3.95. The van der Waals surface area contributed by atoms with Gasteiger partial charge in [0.2, 0.25) is 5.91 Å². The first-order valence-electron chi connectivity index (χ1n) is 6.93. The normalized spacial score (nSPS) is 21.0. The molecule has 20 heavy (non-hydrogen) atoms. The third-order valence-electron chi connectivity index (χ3n) is 3.95. The van der Waals surface area contributed by atoms with Gasteiger partial charge < -0.3 is 14.7 Å². The topological polar surface area (TPSA) is 66.8 Å². The molecular weight excluding hydrogens is 258 g/mol. The van der Waals surface area contributed by atoms with Crippen molar-refractivity contribution in [3.8, 4) is 0 Å². The number of fused-ring (bicyclic) bond motifs is 1. The van der Waals surface area contributed by atoms with E-state index < -0.39 is 5.97 Å². The van der Waals surface area contributed by atoms with Crippen molar-refractivity contribution in [1.29, 1.82) is 0 Å². The summed E-state index contributed by atoms with van der Waals surface area (Å²) in [4.78, 5) is 25.0. The second kappa shape index (κ2) is 5.25. The second-order valence-corrected chi connectivity index (χ2v) is 5.28. The van der Waals surface area contributed by atoms with Crippen LogP contribution in [0.15, 0.2) is 18.2 Å². The smallest absolute Gasteiger partial charge is 0.335 e. The standard InChI is InChI=1S/C15H17NO4/c17-14(9-12-2-1-7-20-12)16-6-5-10-8-11(15(18)19)3-4-13(10)16/h3-4,8,12H,1-2,5-7,9H2,(H,18,19). The van der Waals surface area contributed by atoms with Gasteiger partial charge in [0.1, 0.15) is 0 Å². The first kappa shape index (κ1) is 13.1. The number of amides is 1. The Kier molecular flexibility index (Phi) is 3.44. The van der Waals surface area contributed by atoms with Crippen molar-refractivity contribution in [1.82, 2.24) is 0 Å². The van der Waals surface area contributed by atoms with Crippen LogP contribution in [-0.2, 0) is 16.0 Å². The molecule has 1 amide bonds. The van der Waals surface area contributed by atoms with Crippen molar-refractivity contribution in [3.63, 3.8) is 0 Å². The summed E-state index contributed by atoms with van der Waals surface area (Å²) in [5, 5.41) is 8.98. The summed E-state index contributed by atoms with van der Waals surface area (Å²) in [5.74, 6) is -0.865. The molecule has 1 N–H and O–H groups in total. The highest BCUT2D eigenvalue weighted by Gasteiger charge is 2.28. The van der Waals surface area contributed by atoms with Crippen LogP contribution in [0.2, 0.25) is 0 Å². The number of benzene rings is 1. The molecule has 0 saturated carbocycles. The Morgan fingerprint density at radius 3 is 2.95 bits per heavy atom. The molecule has 3 rings (SSSR count). The molecule has 1 aromatic carbocycles. The molecule has 5 nitrogen and oxygen atoms in total. The zero-order chi connectivity index (χ0) is 14.1. The van der Waals surface area contributed by atoms with Crippen LogP contribution in [0.4, 0.5) is 5.69 Å². The molecule has 0 radical (unpaired) electrons. The molecule has 5 heteroatoms. The van der Waals surface area contributed by atoms with Crippen LogP contribution >= 0.6 is 0 Å². The lowest BCUT2D eigenvalue weighted by Gasteiger charge is -2.19. The fourth-order valence-corrected chi connectivity index (χ4v) is 2.90. The van der Waals surface area contributed by atoms with E-state index in [-0.39, 0.29) is 17.6 Å². The lowest BCUT2D eigenvalue weighted by molar-refractivity contribution is -0.120. The van der Waals surface area contributed by atoms with Gasteiger partial charge in [-0.15, -0.1) is 0 Å². The van der Waals surface area contributed by atoms with Crippen LogP contribution in [-0.4, -0.2) is 36.2 Å². The van der Waals surface area contributed by atoms with E-state index in [9.17, 15) is 9.59 Å². The van der Waals surface area contributed by atoms with Crippen LogP contribution in [0.25, 0.3) is 0 Å². The maximum absolute atomic E-state index is 12.3. The summed E-state index contributed by atoms with van der Waals surface area (Å²) in [6.07, 6.45) is 3.15. The number of carbonyl (C=O) groups excluding carboxylic acids is 1. The van der Waals surface area contributed by atoms with Crippen LogP contribution in [0.3, 0.4) is 0 Å². The first-order valence-corrected chi connectivity index (χ1v) is 6.93. The molecule has 1 saturated heterocycles. The predicted molar refractivity (Wildman–Crippen MR) is 73.0 cm³/mol. The van der Waals surface area contributed by atoms with Gasteiger partial charge in [0.25, 0.3) is 0 Å². The van der Waals surface area contributed by atoms with E-state index in [4.69, 9.17) is 9.84 Å². The Bertz CT molecular complexity index is 549. The highest BCUT2D eigenvalue weighted by molar-refractivity contribution is 5.97. The lowest BCUT2D eigenvalue weighted by atomic mass is 10.1. The number of aromatic carboxylic acids is 1. The molecule has 2 aliphatic rings. The molecule has 106 valence electrons. The summed E-state index contributed by atoms with van der Waals surface area (Å²) in [7, 11) is 0. The van der Waals surface area contributed by atoms with Crippen molar-refractivity contribution in [2.75, 3.05) is 18.1 Å². The van der Waals surface area contributed by atoms with E-state index >= 15 is 0 Å². The quantitative estimate of drug-likeness (QED) is 0.914. The van der Waals surface area contributed by atoms with Crippen molar-refractivity contribution in [3.05, 3.63) is 29.3 Å². The summed E-state index contributed by atoms with van der Waals surface area (Å²) in [5.41, 5.74) is 2.06. The number of hydrogen-bond donors (Lipinski definition) is 1. The average Bonchev–Trinajstić information content (AvgIpc) is 3.06. The van der Waals surface area contributed by atoms with Gasteiger partial charge in [-0.2, -0.15) is 0 Å². The molecule has 2 heterocycles. The largest absolute Gasteiger partial charge is 0.478 e. The summed E-state index contributed by atoms with van der Waals surface area (Å²) in [6.45, 7) is 1.38. The Morgan fingerprint density at radius 2 is 2.25 bits per heavy atom. The maximum Gasteiger partial charge on any atom is 0.335 e. The molecule has 0 bridgehead atoms. The minimum absolute atomic E-state index is 0.0462. The molecule has 1 fully saturated rings. The van der Waals surface area contributed by atoms with Crippen LogP contribution in [0, 0.1) is 0 Å². The van der Waals surface area contributed by atoms with Gasteiger partial charge >= 0.3 is 5.97 Å². The zero-order valence-electron chi connectivity index (χ0n) is 11.2. The maximum atomic E-state index is 12.3. The number of nitrogens with zero attached hydrogens (tertiary/aromatic N) is 1. The van der Waals surface area contributed by atoms with Gasteiger partial charge in [0, 0.05) is 18.8 Å². The lowest BCUT2D eigenvalue weighted by Crippen LogP contribution is -2.31. The predicted octanol–water partition coefficient (Wildman–Crippen LogP) is 1.84. The second-order valence-electron chi connectivity index (χ2n) is 5.28. The van der Waals surface area contributed by atoms with E-state index in [0.717, 1.165) is 30.7 Å². The molecule has 0 aliphatic carbocycles. The number of carboxylic acid groups (broad SMARTS) is 1. The van der Waals surface area contributed by atoms with E-state index in [1.54, 1.807) is 23.1 Å². The molecule has 0 spiro atoms. The molecule has 1 unspecified atom stereocenters. The fraction of sp³-hybridized carbons (Fsp3) is 0.467. The van der Waals surface area contributed by atoms with Crippen molar-refractivity contribution < 1.29 is 19.4 Å². The monoisotopic (exact) mass is 275 g/mol.